The molecule has 1 N–H and O–H groups in total. The van der Waals surface area contributed by atoms with E-state index in [2.05, 4.69) is 45.4 Å². The summed E-state index contributed by atoms with van der Waals surface area (Å²) in [6.07, 6.45) is 0. The molecule has 8 heteroatoms. The van der Waals surface area contributed by atoms with Crippen molar-refractivity contribution in [1.29, 1.82) is 0 Å². The molecule has 2 aromatic rings. The van der Waals surface area contributed by atoms with Crippen molar-refractivity contribution in [2.75, 3.05) is 70.7 Å². The van der Waals surface area contributed by atoms with Crippen LogP contribution in [0.25, 0.3) is 0 Å². The summed E-state index contributed by atoms with van der Waals surface area (Å²) >= 11 is 1.74. The molecule has 2 aliphatic rings. The van der Waals surface area contributed by atoms with Crippen molar-refractivity contribution < 1.29 is 14.3 Å². The fourth-order valence-corrected chi connectivity index (χ4v) is 5.59. The number of nitrogens with one attached hydrogen (secondary N) is 1. The fraction of sp³-hybridized carbons (Fsp3) is 0.458. The third-order valence-corrected chi connectivity index (χ3v) is 7.24. The standard InChI is InChI=1S/C24H32N4O3S/c1-25-24(29)28-16-18-32-23(28)22-20(30-2)9-6-10-21(22)31-17-15-26-11-13-27(14-12-26)19-7-4-3-5-8-19/h3-10,23H,11-18H2,1-2H3,(H,25,29). The lowest BCUT2D eigenvalue weighted by molar-refractivity contribution is 0.193. The van der Waals surface area contributed by atoms with Crippen molar-refractivity contribution in [2.24, 2.45) is 0 Å². The third-order valence-electron chi connectivity index (χ3n) is 6.02. The van der Waals surface area contributed by atoms with Gasteiger partial charge in [-0.2, -0.15) is 0 Å². The van der Waals surface area contributed by atoms with Gasteiger partial charge in [-0.05, 0) is 24.3 Å². The second-order valence-electron chi connectivity index (χ2n) is 7.86. The number of anilines is 1. The zero-order valence-electron chi connectivity index (χ0n) is 18.8. The number of carbonyl (C=O) groups is 1. The number of methoxy groups -OCH3 is 1. The molecule has 2 aliphatic heterocycles. The minimum absolute atomic E-state index is 0.0758. The van der Waals surface area contributed by atoms with Crippen LogP contribution in [0.1, 0.15) is 10.9 Å². The number of thioether (sulfide) groups is 1. The number of amides is 2. The maximum absolute atomic E-state index is 12.4. The monoisotopic (exact) mass is 456 g/mol. The molecule has 2 heterocycles. The first-order valence-electron chi connectivity index (χ1n) is 11.1. The summed E-state index contributed by atoms with van der Waals surface area (Å²) in [7, 11) is 3.33. The van der Waals surface area contributed by atoms with Crippen molar-refractivity contribution in [3.8, 4) is 11.5 Å². The van der Waals surface area contributed by atoms with Crippen molar-refractivity contribution >= 4 is 23.5 Å². The molecule has 0 radical (unpaired) electrons. The van der Waals surface area contributed by atoms with Gasteiger partial charge in [-0.3, -0.25) is 4.90 Å². The van der Waals surface area contributed by atoms with Crippen molar-refractivity contribution in [2.45, 2.75) is 5.37 Å². The fourth-order valence-electron chi connectivity index (χ4n) is 4.29. The number of benzene rings is 2. The van der Waals surface area contributed by atoms with Crippen LogP contribution in [0.2, 0.25) is 0 Å². The maximum atomic E-state index is 12.4. The molecule has 7 nitrogen and oxygen atoms in total. The van der Waals surface area contributed by atoms with Gasteiger partial charge in [-0.15, -0.1) is 11.8 Å². The molecular formula is C24H32N4O3S. The van der Waals surface area contributed by atoms with Crippen LogP contribution in [-0.4, -0.2) is 81.6 Å². The van der Waals surface area contributed by atoms with Gasteiger partial charge in [0.15, 0.2) is 0 Å². The summed E-state index contributed by atoms with van der Waals surface area (Å²) in [5.74, 6) is 2.44. The number of para-hydroxylation sites is 1. The SMILES string of the molecule is CNC(=O)N1CCSC1c1c(OC)cccc1OCCN1CCN(c2ccccc2)CC1. The predicted octanol–water partition coefficient (Wildman–Crippen LogP) is 3.28. The smallest absolute Gasteiger partial charge is 0.318 e. The number of rotatable bonds is 7. The van der Waals surface area contributed by atoms with Gasteiger partial charge in [0.1, 0.15) is 23.5 Å². The van der Waals surface area contributed by atoms with Gasteiger partial charge in [0.05, 0.1) is 12.7 Å². The minimum Gasteiger partial charge on any atom is -0.496 e. The molecule has 172 valence electrons. The highest BCUT2D eigenvalue weighted by Gasteiger charge is 2.34. The second kappa shape index (κ2) is 10.8. The minimum atomic E-state index is -0.115. The van der Waals surface area contributed by atoms with Crippen LogP contribution in [-0.2, 0) is 0 Å². The topological polar surface area (TPSA) is 57.3 Å². The van der Waals surface area contributed by atoms with E-state index >= 15 is 0 Å². The van der Waals surface area contributed by atoms with Gasteiger partial charge >= 0.3 is 6.03 Å². The van der Waals surface area contributed by atoms with Gasteiger partial charge in [-0.1, -0.05) is 24.3 Å². The lowest BCUT2D eigenvalue weighted by atomic mass is 10.1. The van der Waals surface area contributed by atoms with Crippen LogP contribution in [0, 0.1) is 0 Å². The Kier molecular flexibility index (Phi) is 7.65. The highest BCUT2D eigenvalue weighted by Crippen LogP contribution is 2.46. The van der Waals surface area contributed by atoms with E-state index in [1.165, 1.54) is 5.69 Å². The van der Waals surface area contributed by atoms with Gasteiger partial charge in [0, 0.05) is 57.8 Å². The molecule has 2 saturated heterocycles. The molecule has 0 bridgehead atoms. The Hall–Kier alpha value is -2.58. The molecule has 2 aromatic carbocycles. The van der Waals surface area contributed by atoms with Gasteiger partial charge in [0.25, 0.3) is 0 Å². The molecule has 0 spiro atoms. The van der Waals surface area contributed by atoms with Gasteiger partial charge < -0.3 is 24.6 Å². The number of urea groups is 1. The highest BCUT2D eigenvalue weighted by molar-refractivity contribution is 7.99. The second-order valence-corrected chi connectivity index (χ2v) is 9.04. The van der Waals surface area contributed by atoms with E-state index in [1.807, 2.05) is 23.1 Å². The highest BCUT2D eigenvalue weighted by atomic mass is 32.2. The van der Waals surface area contributed by atoms with E-state index in [0.717, 1.165) is 55.5 Å². The van der Waals surface area contributed by atoms with E-state index in [4.69, 9.17) is 9.47 Å². The van der Waals surface area contributed by atoms with Crippen LogP contribution in [0.5, 0.6) is 11.5 Å². The number of hydrogen-bond donors (Lipinski definition) is 1. The summed E-state index contributed by atoms with van der Waals surface area (Å²) in [5, 5.41) is 2.63. The van der Waals surface area contributed by atoms with Crippen molar-refractivity contribution in [3.63, 3.8) is 0 Å². The Morgan fingerprint density at radius 3 is 2.50 bits per heavy atom. The summed E-state index contributed by atoms with van der Waals surface area (Å²) in [6.45, 7) is 6.26. The lowest BCUT2D eigenvalue weighted by Crippen LogP contribution is -2.47. The lowest BCUT2D eigenvalue weighted by Gasteiger charge is -2.36. The summed E-state index contributed by atoms with van der Waals surface area (Å²) in [4.78, 5) is 19.1. The quantitative estimate of drug-likeness (QED) is 0.690. The van der Waals surface area contributed by atoms with Crippen LogP contribution in [0.4, 0.5) is 10.5 Å². The first kappa shape index (κ1) is 22.6. The van der Waals surface area contributed by atoms with E-state index in [1.54, 1.807) is 25.9 Å². The molecule has 1 unspecified atom stereocenters. The number of ether oxygens (including phenoxy) is 2. The average Bonchev–Trinajstić information content (AvgIpc) is 3.34. The summed E-state index contributed by atoms with van der Waals surface area (Å²) < 4.78 is 11.9. The number of piperazine rings is 1. The number of hydrogen-bond acceptors (Lipinski definition) is 6. The molecule has 2 amide bonds. The Morgan fingerprint density at radius 1 is 1.03 bits per heavy atom. The van der Waals surface area contributed by atoms with Crippen LogP contribution in [0.3, 0.4) is 0 Å². The molecule has 0 aromatic heterocycles. The van der Waals surface area contributed by atoms with Gasteiger partial charge in [-0.25, -0.2) is 4.79 Å². The first-order chi connectivity index (χ1) is 15.7. The summed E-state index contributed by atoms with van der Waals surface area (Å²) in [6, 6.07) is 16.4. The van der Waals surface area contributed by atoms with Crippen molar-refractivity contribution in [1.82, 2.24) is 15.1 Å². The predicted molar refractivity (Wildman–Crippen MR) is 130 cm³/mol. The molecule has 0 saturated carbocycles. The number of nitrogens with zero attached hydrogens (tertiary/aromatic N) is 3. The molecule has 4 rings (SSSR count). The molecule has 1 atom stereocenters. The molecule has 2 fully saturated rings. The van der Waals surface area contributed by atoms with Crippen LogP contribution in [0.15, 0.2) is 48.5 Å². The van der Waals surface area contributed by atoms with E-state index in [-0.39, 0.29) is 11.4 Å². The normalized spacial score (nSPS) is 19.1. The van der Waals surface area contributed by atoms with Crippen LogP contribution >= 0.6 is 11.8 Å². The molecule has 32 heavy (non-hydrogen) atoms. The van der Waals surface area contributed by atoms with Crippen LogP contribution < -0.4 is 19.7 Å². The largest absolute Gasteiger partial charge is 0.496 e. The number of carbonyl (C=O) groups excluding carboxylic acids is 1. The van der Waals surface area contributed by atoms with E-state index in [0.29, 0.717) is 13.2 Å². The maximum Gasteiger partial charge on any atom is 0.318 e. The molecular weight excluding hydrogens is 424 g/mol. The summed E-state index contributed by atoms with van der Waals surface area (Å²) in [5.41, 5.74) is 2.23. The van der Waals surface area contributed by atoms with Crippen molar-refractivity contribution in [3.05, 3.63) is 54.1 Å². The Bertz CT molecular complexity index is 890. The average molecular weight is 457 g/mol. The van der Waals surface area contributed by atoms with Gasteiger partial charge in [0.2, 0.25) is 0 Å². The first-order valence-corrected chi connectivity index (χ1v) is 12.2. The van der Waals surface area contributed by atoms with E-state index in [9.17, 15) is 4.79 Å². The Morgan fingerprint density at radius 2 is 1.78 bits per heavy atom. The molecule has 0 aliphatic carbocycles. The zero-order chi connectivity index (χ0) is 22.3. The zero-order valence-corrected chi connectivity index (χ0v) is 19.6. The third kappa shape index (κ3) is 5.07. The Balaban J connectivity index is 1.36. The Labute approximate surface area is 194 Å². The van der Waals surface area contributed by atoms with E-state index < -0.39 is 0 Å².